The number of aliphatic hydroxyl groups excluding tert-OH is 1. The molecule has 0 saturated carbocycles. The highest BCUT2D eigenvalue weighted by Crippen LogP contribution is 2.59. The summed E-state index contributed by atoms with van der Waals surface area (Å²) in [5.74, 6) is -0.678. The topological polar surface area (TPSA) is 142 Å². The van der Waals surface area contributed by atoms with Gasteiger partial charge in [0.25, 0.3) is 5.60 Å². The van der Waals surface area contributed by atoms with Crippen LogP contribution in [-0.2, 0) is 20.7 Å². The Morgan fingerprint density at radius 2 is 1.96 bits per heavy atom. The van der Waals surface area contributed by atoms with E-state index in [-0.39, 0.29) is 42.7 Å². The number of esters is 1. The van der Waals surface area contributed by atoms with Gasteiger partial charge in [-0.1, -0.05) is 55.0 Å². The standard InChI is InChI=1S/C38H46N4O6/c1-4-40-32-19-27-10-6-5-9-26(27)18-28(32)22-47-36(46)38-35(45)31-12-8-7-11-30(31)34(44)37(38,48-38)20-29(21-43)24(2)13-14-25-15-16-41-33(17-25)42-23-39-3/h6-8,10-12,15-17,19,26,28,32,39-40,43H,4-5,9,13-14,18,20-23H2,1-3H3,(H,41,42). The first-order chi connectivity index (χ1) is 23.3. The predicted octanol–water partition coefficient (Wildman–Crippen LogP) is 4.32. The van der Waals surface area contributed by atoms with Crippen LogP contribution in [0.25, 0.3) is 0 Å². The number of hydrogen-bond donors (Lipinski definition) is 4. The number of Topliss-reactive ketones (excluding diaryl/α,β-unsaturated/α-hetero) is 2. The molecule has 48 heavy (non-hydrogen) atoms. The number of anilines is 1. The van der Waals surface area contributed by atoms with Gasteiger partial charge in [-0.25, -0.2) is 9.78 Å². The Kier molecular flexibility index (Phi) is 10.1. The third-order valence-electron chi connectivity index (χ3n) is 10.4. The summed E-state index contributed by atoms with van der Waals surface area (Å²) in [6.07, 6.45) is 12.5. The first kappa shape index (κ1) is 33.9. The summed E-state index contributed by atoms with van der Waals surface area (Å²) < 4.78 is 12.1. The molecule has 2 heterocycles. The van der Waals surface area contributed by atoms with Crippen molar-refractivity contribution < 1.29 is 29.0 Å². The second-order valence-electron chi connectivity index (χ2n) is 13.3. The van der Waals surface area contributed by atoms with Crippen LogP contribution >= 0.6 is 0 Å². The Hall–Kier alpha value is -3.96. The molecule has 0 amide bonds. The highest BCUT2D eigenvalue weighted by Gasteiger charge is 2.85. The van der Waals surface area contributed by atoms with Crippen LogP contribution in [0, 0.1) is 11.8 Å². The average molecular weight is 655 g/mol. The first-order valence-corrected chi connectivity index (χ1v) is 17.1. The lowest BCUT2D eigenvalue weighted by Gasteiger charge is -2.36. The molecule has 4 N–H and O–H groups in total. The van der Waals surface area contributed by atoms with Gasteiger partial charge >= 0.3 is 5.97 Å². The summed E-state index contributed by atoms with van der Waals surface area (Å²) in [4.78, 5) is 46.8. The predicted molar refractivity (Wildman–Crippen MR) is 183 cm³/mol. The van der Waals surface area contributed by atoms with Crippen LogP contribution in [0.1, 0.15) is 72.2 Å². The molecule has 0 radical (unpaired) electrons. The molecule has 0 spiro atoms. The molecular formula is C38H46N4O6. The number of hydrogen-bond acceptors (Lipinski definition) is 10. The molecule has 2 aromatic rings. The zero-order valence-corrected chi connectivity index (χ0v) is 28.0. The van der Waals surface area contributed by atoms with Gasteiger partial charge in [0.1, 0.15) is 5.82 Å². The normalized spacial score (nSPS) is 27.7. The molecule has 5 atom stereocenters. The molecule has 1 fully saturated rings. The summed E-state index contributed by atoms with van der Waals surface area (Å²) in [6.45, 7) is 5.06. The number of epoxide rings is 1. The number of aryl methyl sites for hydroxylation is 1. The Morgan fingerprint density at radius 3 is 2.71 bits per heavy atom. The number of aliphatic hydroxyl groups is 1. The number of nitrogens with zero attached hydrogens (tertiary/aromatic N) is 1. The van der Waals surface area contributed by atoms with E-state index in [4.69, 9.17) is 9.47 Å². The minimum atomic E-state index is -2.09. The Bertz CT molecular complexity index is 1670. The van der Waals surface area contributed by atoms with E-state index in [9.17, 15) is 19.5 Å². The van der Waals surface area contributed by atoms with Gasteiger partial charge in [0.2, 0.25) is 5.78 Å². The van der Waals surface area contributed by atoms with Crippen LogP contribution in [0.2, 0.25) is 0 Å². The quantitative estimate of drug-likeness (QED) is 0.0765. The number of allylic oxidation sites excluding steroid dienone is 4. The maximum atomic E-state index is 14.2. The van der Waals surface area contributed by atoms with E-state index in [1.54, 1.807) is 30.5 Å². The van der Waals surface area contributed by atoms with Crippen molar-refractivity contribution in [1.82, 2.24) is 15.6 Å². The highest BCUT2D eigenvalue weighted by molar-refractivity contribution is 6.32. The number of nitrogens with one attached hydrogen (secondary N) is 3. The van der Waals surface area contributed by atoms with Gasteiger partial charge in [-0.05, 0) is 87.4 Å². The summed E-state index contributed by atoms with van der Waals surface area (Å²) in [7, 11) is 1.85. The third-order valence-corrected chi connectivity index (χ3v) is 10.4. The van der Waals surface area contributed by atoms with Crippen LogP contribution in [0.4, 0.5) is 5.82 Å². The average Bonchev–Trinajstić information content (AvgIpc) is 3.82. The van der Waals surface area contributed by atoms with Crippen molar-refractivity contribution in [2.24, 2.45) is 11.8 Å². The second-order valence-corrected chi connectivity index (χ2v) is 13.3. The van der Waals surface area contributed by atoms with E-state index in [1.165, 1.54) is 5.57 Å². The SMILES string of the molecule is CCNC1C=C2C=CCCC2CC1COC(=O)C12OC1(CC(CO)=C(C)CCc1ccnc(NCNC)c1)C(=O)c1ccccc1C2=O. The van der Waals surface area contributed by atoms with Crippen LogP contribution in [-0.4, -0.2) is 78.3 Å². The van der Waals surface area contributed by atoms with Gasteiger partial charge in [-0.3, -0.25) is 9.59 Å². The summed E-state index contributed by atoms with van der Waals surface area (Å²) in [5, 5.41) is 20.3. The Balaban J connectivity index is 1.24. The number of ether oxygens (including phenoxy) is 2. The molecule has 10 nitrogen and oxygen atoms in total. The molecule has 0 bridgehead atoms. The minimum absolute atomic E-state index is 0.0117. The van der Waals surface area contributed by atoms with Crippen molar-refractivity contribution in [3.8, 4) is 0 Å². The minimum Gasteiger partial charge on any atom is -0.463 e. The monoisotopic (exact) mass is 654 g/mol. The lowest BCUT2D eigenvalue weighted by atomic mass is 9.71. The lowest BCUT2D eigenvalue weighted by Crippen LogP contribution is -2.51. The molecule has 1 aromatic carbocycles. The number of rotatable bonds is 14. The lowest BCUT2D eigenvalue weighted by molar-refractivity contribution is -0.150. The van der Waals surface area contributed by atoms with E-state index in [0.717, 1.165) is 42.8 Å². The first-order valence-electron chi connectivity index (χ1n) is 17.1. The van der Waals surface area contributed by atoms with Crippen molar-refractivity contribution >= 4 is 23.4 Å². The van der Waals surface area contributed by atoms with Crippen LogP contribution < -0.4 is 16.0 Å². The van der Waals surface area contributed by atoms with Gasteiger partial charge in [0, 0.05) is 35.7 Å². The third kappa shape index (κ3) is 6.18. The van der Waals surface area contributed by atoms with Crippen molar-refractivity contribution in [3.63, 3.8) is 0 Å². The molecule has 6 rings (SSSR count). The molecule has 3 aliphatic carbocycles. The fourth-order valence-corrected chi connectivity index (χ4v) is 7.59. The van der Waals surface area contributed by atoms with Crippen LogP contribution in [0.3, 0.4) is 0 Å². The van der Waals surface area contributed by atoms with Gasteiger partial charge in [-0.15, -0.1) is 0 Å². The molecule has 1 saturated heterocycles. The summed E-state index contributed by atoms with van der Waals surface area (Å²) in [6, 6.07) is 10.5. The van der Waals surface area contributed by atoms with Crippen molar-refractivity contribution in [3.05, 3.63) is 94.2 Å². The van der Waals surface area contributed by atoms with Gasteiger partial charge in [0.05, 0.1) is 19.9 Å². The molecule has 10 heteroatoms. The summed E-state index contributed by atoms with van der Waals surface area (Å²) >= 11 is 0. The molecule has 1 aromatic heterocycles. The number of benzene rings is 1. The van der Waals surface area contributed by atoms with Crippen LogP contribution in [0.5, 0.6) is 0 Å². The van der Waals surface area contributed by atoms with Crippen molar-refractivity contribution in [2.75, 3.05) is 38.8 Å². The molecular weight excluding hydrogens is 608 g/mol. The van der Waals surface area contributed by atoms with E-state index in [1.807, 2.05) is 33.0 Å². The largest absolute Gasteiger partial charge is 0.463 e. The number of carbonyl (C=O) groups excluding carboxylic acids is 3. The smallest absolute Gasteiger partial charge is 0.350 e. The highest BCUT2D eigenvalue weighted by atomic mass is 16.7. The van der Waals surface area contributed by atoms with E-state index >= 15 is 0 Å². The molecule has 1 aliphatic heterocycles. The number of carbonyl (C=O) groups is 3. The van der Waals surface area contributed by atoms with E-state index < -0.39 is 28.7 Å². The second kappa shape index (κ2) is 14.3. The number of ketones is 2. The number of likely N-dealkylation sites (N-methyl/N-ethyl adjacent to an activating group) is 1. The Morgan fingerprint density at radius 1 is 1.17 bits per heavy atom. The van der Waals surface area contributed by atoms with Gasteiger partial charge < -0.3 is 30.5 Å². The van der Waals surface area contributed by atoms with Gasteiger partial charge in [-0.2, -0.15) is 0 Å². The molecule has 5 unspecified atom stereocenters. The number of aromatic nitrogens is 1. The zero-order chi connectivity index (χ0) is 33.9. The maximum Gasteiger partial charge on any atom is 0.350 e. The van der Waals surface area contributed by atoms with Crippen molar-refractivity contribution in [2.45, 2.75) is 69.6 Å². The Labute approximate surface area is 282 Å². The maximum absolute atomic E-state index is 14.2. The van der Waals surface area contributed by atoms with E-state index in [2.05, 4.69) is 39.2 Å². The van der Waals surface area contributed by atoms with E-state index in [0.29, 0.717) is 31.0 Å². The number of pyridine rings is 1. The van der Waals surface area contributed by atoms with Gasteiger partial charge in [0.15, 0.2) is 11.4 Å². The fraction of sp³-hybridized carbons (Fsp3) is 0.474. The van der Waals surface area contributed by atoms with Crippen LogP contribution in [0.15, 0.2) is 77.5 Å². The van der Waals surface area contributed by atoms with Crippen molar-refractivity contribution in [1.29, 1.82) is 0 Å². The fourth-order valence-electron chi connectivity index (χ4n) is 7.59. The zero-order valence-electron chi connectivity index (χ0n) is 28.0. The molecule has 254 valence electrons. The molecule has 4 aliphatic rings. The number of fused-ring (bicyclic) bond motifs is 3. The summed E-state index contributed by atoms with van der Waals surface area (Å²) in [5.41, 5.74) is 0.320.